The first kappa shape index (κ1) is 62.6. The van der Waals surface area contributed by atoms with Crippen LogP contribution in [-0.2, 0) is 57.8 Å². The molecule has 37 heteroatoms. The van der Waals surface area contributed by atoms with Crippen molar-refractivity contribution in [2.75, 3.05) is 0 Å². The number of phenols is 6. The largest absolute Gasteiger partial charge is 1.00 e. The molecule has 0 atom stereocenters. The van der Waals surface area contributed by atoms with Crippen molar-refractivity contribution >= 4 is 119 Å². The minimum absolute atomic E-state index is 0. The molecule has 0 aliphatic heterocycles. The number of non-ortho nitro benzene ring substituents is 2. The monoisotopic (exact) mass is 1260 g/mol. The Morgan fingerprint density at radius 1 is 0.386 bits per heavy atom. The number of nitro benzene ring substituents is 2. The van der Waals surface area contributed by atoms with Gasteiger partial charge in [-0.25, -0.2) is 0 Å². The Kier molecular flexibility index (Phi) is 18.0. The van der Waals surface area contributed by atoms with E-state index in [2.05, 4.69) is 40.9 Å². The Labute approximate surface area is 482 Å². The number of nitrogens with zero attached hydrogens (tertiary/aromatic N) is 10. The van der Waals surface area contributed by atoms with E-state index in [0.29, 0.717) is 24.3 Å². The van der Waals surface area contributed by atoms with Crippen LogP contribution < -0.4 is 0 Å². The molecule has 32 nitrogen and oxygen atoms in total. The van der Waals surface area contributed by atoms with Crippen LogP contribution in [0.25, 0.3) is 21.5 Å². The quantitative estimate of drug-likeness (QED) is 0.0209. The van der Waals surface area contributed by atoms with Crippen molar-refractivity contribution in [3.63, 3.8) is 0 Å². The van der Waals surface area contributed by atoms with Crippen LogP contribution in [0, 0.1) is 34.1 Å². The molecule has 0 fully saturated rings. The van der Waals surface area contributed by atoms with Gasteiger partial charge in [-0.2, -0.15) is 43.9 Å². The summed E-state index contributed by atoms with van der Waals surface area (Å²) in [5, 5.41) is 114. The fourth-order valence-electron chi connectivity index (χ4n) is 7.14. The third-order valence-electron chi connectivity index (χ3n) is 11.0. The van der Waals surface area contributed by atoms with Gasteiger partial charge >= 0.3 is 7.13 Å². The number of aryl methyl sites for hydroxylation is 2. The van der Waals surface area contributed by atoms with E-state index in [1.807, 2.05) is 0 Å². The molecule has 8 aromatic carbocycles. The first-order chi connectivity index (χ1) is 38.1. The summed E-state index contributed by atoms with van der Waals surface area (Å²) in [7, 11) is -20.5. The van der Waals surface area contributed by atoms with Gasteiger partial charge in [0.25, 0.3) is 51.8 Å². The molecular weight excluding hydrogens is 1220 g/mol. The number of aromatic hydroxyl groups is 6. The molecule has 10 N–H and O–H groups in total. The molecule has 0 radical (unpaired) electrons. The van der Waals surface area contributed by atoms with Crippen LogP contribution in [-0.4, -0.2) is 92.4 Å². The van der Waals surface area contributed by atoms with Gasteiger partial charge in [-0.1, -0.05) is 24.3 Å². The van der Waals surface area contributed by atoms with Crippen molar-refractivity contribution in [1.29, 1.82) is 0 Å². The maximum atomic E-state index is 12.1. The van der Waals surface area contributed by atoms with Crippen molar-refractivity contribution in [3.05, 3.63) is 141 Å². The molecule has 8 rings (SSSR count). The maximum Gasteiger partial charge on any atom is 1.00 e. The third-order valence-corrected chi connectivity index (χ3v) is 14.5. The fraction of sp³-hybridized carbons (Fsp3) is 0.0435. The summed E-state index contributed by atoms with van der Waals surface area (Å²) >= 11 is 0. The van der Waals surface area contributed by atoms with E-state index in [0.717, 1.165) is 23.3 Å². The summed E-state index contributed by atoms with van der Waals surface area (Å²) in [6, 6.07) is 20.9. The predicted octanol–water partition coefficient (Wildman–Crippen LogP) is 11.6. The molecular formula is C46H39CrN10O22S4+5. The molecule has 0 heterocycles. The van der Waals surface area contributed by atoms with Crippen molar-refractivity contribution in [2.45, 2.75) is 33.4 Å². The summed E-state index contributed by atoms with van der Waals surface area (Å²) in [4.78, 5) is 15.8. The van der Waals surface area contributed by atoms with Gasteiger partial charge in [0.15, 0.2) is 23.0 Å². The van der Waals surface area contributed by atoms with Gasteiger partial charge in [-0.05, 0) is 96.4 Å². The smallest absolute Gasteiger partial charge is 0.506 e. The zero-order chi connectivity index (χ0) is 60.6. The molecule has 83 heavy (non-hydrogen) atoms. The van der Waals surface area contributed by atoms with E-state index < -0.39 is 127 Å². The molecule has 430 valence electrons. The predicted molar refractivity (Wildman–Crippen MR) is 288 cm³/mol. The van der Waals surface area contributed by atoms with Crippen molar-refractivity contribution in [1.82, 2.24) is 0 Å². The van der Waals surface area contributed by atoms with E-state index in [-0.39, 0.29) is 80.3 Å². The Morgan fingerprint density at radius 3 is 1.02 bits per heavy atom. The Hall–Kier alpha value is -9.55. The number of fused-ring (bicyclic) bond motifs is 2. The molecule has 0 saturated heterocycles. The van der Waals surface area contributed by atoms with Gasteiger partial charge in [0.1, 0.15) is 65.2 Å². The second kappa shape index (κ2) is 23.9. The van der Waals surface area contributed by atoms with Crippen molar-refractivity contribution in [2.24, 2.45) is 40.9 Å². The van der Waals surface area contributed by atoms with Gasteiger partial charge in [0, 0.05) is 52.4 Å². The first-order valence-corrected chi connectivity index (χ1v) is 27.7. The van der Waals surface area contributed by atoms with Crippen LogP contribution in [0.4, 0.5) is 56.9 Å². The number of phenolic OH excluding ortho intramolecular Hbond substituents is 6. The molecule has 0 aliphatic rings. The SMILES string of the molecule is Cc1ccc(O)c(N=Nc2ccc3cc(S(=O)(=O)O)c(N=Nc4cc([N+](=O)[O-])cc(S(=O)(=O)O)c4O)c(O)c3c2)c1.Cc1ccc(O)c(N=Nc2ccc3cc(S(=O)(=O)O)c(N=Nc4cc([N+](=O)[O-])cc(S(=O)(=O)O)c4O)c(O)c3c2)c1.[Cr].[H+].[H+].[H+].[H+].[H+]. The van der Waals surface area contributed by atoms with Gasteiger partial charge in [-0.3, -0.25) is 38.4 Å². The van der Waals surface area contributed by atoms with Crippen LogP contribution in [0.15, 0.2) is 170 Å². The third kappa shape index (κ3) is 14.3. The number of hydrogen-bond donors (Lipinski definition) is 10. The Morgan fingerprint density at radius 2 is 0.711 bits per heavy atom. The van der Waals surface area contributed by atoms with Gasteiger partial charge < -0.3 is 30.6 Å². The number of nitro groups is 2. The molecule has 0 bridgehead atoms. The van der Waals surface area contributed by atoms with Gasteiger partial charge in [0.05, 0.1) is 21.2 Å². The zero-order valence-electron chi connectivity index (χ0n) is 46.3. The fourth-order valence-corrected chi connectivity index (χ4v) is 9.69. The van der Waals surface area contributed by atoms with Crippen LogP contribution in [0.1, 0.15) is 18.3 Å². The van der Waals surface area contributed by atoms with E-state index in [4.69, 9.17) is 0 Å². The second-order valence-electron chi connectivity index (χ2n) is 16.8. The Bertz CT molecular complexity index is 4380. The summed E-state index contributed by atoms with van der Waals surface area (Å²) in [5.41, 5.74) is -3.30. The van der Waals surface area contributed by atoms with Crippen molar-refractivity contribution in [3.8, 4) is 34.5 Å². The average Bonchev–Trinajstić information content (AvgIpc) is 3.38. The summed E-state index contributed by atoms with van der Waals surface area (Å²) in [6.45, 7) is 3.54. The summed E-state index contributed by atoms with van der Waals surface area (Å²) in [5.74, 6) is -4.56. The minimum atomic E-state index is -5.18. The normalized spacial score (nSPS) is 12.3. The van der Waals surface area contributed by atoms with Crippen LogP contribution in [0.3, 0.4) is 0 Å². The Balaban J connectivity index is 0.000000824. The average molecular weight is 1260 g/mol. The molecule has 0 spiro atoms. The zero-order valence-corrected chi connectivity index (χ0v) is 45.8. The summed E-state index contributed by atoms with van der Waals surface area (Å²) in [6.07, 6.45) is 0. The molecule has 8 aromatic rings. The minimum Gasteiger partial charge on any atom is -0.506 e. The van der Waals surface area contributed by atoms with Crippen LogP contribution >= 0.6 is 0 Å². The number of hydrogen-bond acceptors (Lipinski definition) is 26. The van der Waals surface area contributed by atoms with E-state index in [1.165, 1.54) is 48.5 Å². The van der Waals surface area contributed by atoms with E-state index in [1.54, 1.807) is 38.1 Å². The number of benzene rings is 8. The molecule has 0 unspecified atom stereocenters. The molecule has 0 aliphatic carbocycles. The van der Waals surface area contributed by atoms with E-state index in [9.17, 15) is 103 Å². The van der Waals surface area contributed by atoms with Crippen molar-refractivity contribution < 1.29 is 117 Å². The number of azo groups is 4. The maximum absolute atomic E-state index is 12.1. The molecule has 0 saturated carbocycles. The van der Waals surface area contributed by atoms with E-state index >= 15 is 0 Å². The standard InChI is InChI=1S/2C23H17N5O11S2.Cr/c2*1-11-2-5-18(29)16(6-11)25-24-13-4-3-12-7-19(40(34,35)36)21(22(30)15(12)8-13)27-26-17-9-14(28(32)33)10-20(23(17)31)41(37,38)39;/h2*2-10,29-31H,1H3,(H,34,35,36)(H,37,38,39);/p+5. The van der Waals surface area contributed by atoms with Crippen LogP contribution in [0.2, 0.25) is 0 Å². The number of rotatable bonds is 14. The second-order valence-corrected chi connectivity index (χ2v) is 22.3. The molecule has 0 amide bonds. The first-order valence-electron chi connectivity index (χ1n) is 21.9. The topological polar surface area (TPSA) is 524 Å². The van der Waals surface area contributed by atoms with Gasteiger partial charge in [0.2, 0.25) is 0 Å². The molecule has 0 aromatic heterocycles. The summed E-state index contributed by atoms with van der Waals surface area (Å²) < 4.78 is 133. The van der Waals surface area contributed by atoms with Gasteiger partial charge in [-0.15, -0.1) is 30.7 Å². The van der Waals surface area contributed by atoms with Crippen LogP contribution in [0.5, 0.6) is 34.5 Å².